The molecule has 0 saturated carbocycles. The summed E-state index contributed by atoms with van der Waals surface area (Å²) in [5.74, 6) is -0.295. The van der Waals surface area contributed by atoms with Crippen LogP contribution in [0.4, 0.5) is 0 Å². The second-order valence-electron chi connectivity index (χ2n) is 5.84. The fraction of sp³-hybridized carbons (Fsp3) is 0.533. The summed E-state index contributed by atoms with van der Waals surface area (Å²) in [7, 11) is 1.39. The molecule has 0 saturated heterocycles. The molecule has 2 heterocycles. The van der Waals surface area contributed by atoms with Gasteiger partial charge in [0.05, 0.1) is 12.8 Å². The Morgan fingerprint density at radius 1 is 1.43 bits per heavy atom. The maximum Gasteiger partial charge on any atom is 0.325 e. The Bertz CT molecular complexity index is 676. The van der Waals surface area contributed by atoms with E-state index < -0.39 is 5.54 Å². The van der Waals surface area contributed by atoms with Gasteiger partial charge in [0.15, 0.2) is 5.65 Å². The van der Waals surface area contributed by atoms with Crippen LogP contribution in [0.2, 0.25) is 0 Å². The van der Waals surface area contributed by atoms with Crippen LogP contribution in [0.5, 0.6) is 0 Å². The first-order chi connectivity index (χ1) is 9.76. The summed E-state index contributed by atoms with van der Waals surface area (Å²) in [6, 6.07) is 1.88. The number of aromatic nitrogens is 3. The lowest BCUT2D eigenvalue weighted by molar-refractivity contribution is -0.147. The molecule has 0 aliphatic heterocycles. The van der Waals surface area contributed by atoms with Crippen LogP contribution >= 0.6 is 0 Å². The van der Waals surface area contributed by atoms with Crippen molar-refractivity contribution in [3.63, 3.8) is 0 Å². The summed E-state index contributed by atoms with van der Waals surface area (Å²) in [5, 5.41) is 7.72. The van der Waals surface area contributed by atoms with Crippen LogP contribution in [-0.4, -0.2) is 33.2 Å². The summed E-state index contributed by atoms with van der Waals surface area (Å²) >= 11 is 0. The first kappa shape index (κ1) is 15.4. The minimum absolute atomic E-state index is 0.0551. The minimum Gasteiger partial charge on any atom is -0.468 e. The lowest BCUT2D eigenvalue weighted by atomic mass is 10.0. The number of fused-ring (bicyclic) bond motifs is 1. The molecule has 0 fully saturated rings. The molecule has 0 bridgehead atoms. The maximum absolute atomic E-state index is 11.8. The summed E-state index contributed by atoms with van der Waals surface area (Å²) in [4.78, 5) is 16.2. The normalized spacial score (nSPS) is 13.4. The Balaban J connectivity index is 2.33. The van der Waals surface area contributed by atoms with Crippen molar-refractivity contribution in [1.82, 2.24) is 19.9 Å². The van der Waals surface area contributed by atoms with E-state index in [0.717, 1.165) is 22.6 Å². The zero-order valence-electron chi connectivity index (χ0n) is 13.4. The van der Waals surface area contributed by atoms with Gasteiger partial charge < -0.3 is 4.74 Å². The second kappa shape index (κ2) is 5.44. The van der Waals surface area contributed by atoms with Gasteiger partial charge in [0.25, 0.3) is 0 Å². The van der Waals surface area contributed by atoms with Gasteiger partial charge in [0.1, 0.15) is 5.54 Å². The van der Waals surface area contributed by atoms with E-state index in [1.54, 1.807) is 13.8 Å². The van der Waals surface area contributed by atoms with Crippen molar-refractivity contribution in [3.05, 3.63) is 29.2 Å². The number of esters is 1. The highest BCUT2D eigenvalue weighted by atomic mass is 16.5. The topological polar surface area (TPSA) is 68.5 Å². The van der Waals surface area contributed by atoms with E-state index >= 15 is 0 Å². The van der Waals surface area contributed by atoms with E-state index in [9.17, 15) is 4.79 Å². The Morgan fingerprint density at radius 3 is 2.71 bits per heavy atom. The molecular formula is C15H22N4O2. The number of hydrogen-bond acceptors (Lipinski definition) is 5. The third-order valence-corrected chi connectivity index (χ3v) is 3.62. The van der Waals surface area contributed by atoms with Crippen molar-refractivity contribution in [2.45, 2.75) is 46.2 Å². The standard InChI is InChI=1S/C15H22N4O2/c1-9-7-13-16-8-12(11(3)19(13)18-9)10(2)17-15(4,5)14(20)21-6/h7-8,10,17H,1-6H3. The lowest BCUT2D eigenvalue weighted by Crippen LogP contribution is -2.48. The van der Waals surface area contributed by atoms with Crippen molar-refractivity contribution in [2.24, 2.45) is 0 Å². The molecule has 2 aromatic heterocycles. The number of rotatable bonds is 4. The summed E-state index contributed by atoms with van der Waals surface area (Å²) in [6.45, 7) is 9.54. The molecule has 2 rings (SSSR count). The van der Waals surface area contributed by atoms with Crippen molar-refractivity contribution >= 4 is 11.6 Å². The molecule has 2 aromatic rings. The molecular weight excluding hydrogens is 268 g/mol. The van der Waals surface area contributed by atoms with Gasteiger partial charge in [-0.2, -0.15) is 5.10 Å². The number of carbonyl (C=O) groups is 1. The summed E-state index contributed by atoms with van der Waals surface area (Å²) in [6.07, 6.45) is 1.83. The average molecular weight is 290 g/mol. The first-order valence-electron chi connectivity index (χ1n) is 6.94. The highest BCUT2D eigenvalue weighted by Gasteiger charge is 2.31. The van der Waals surface area contributed by atoms with Gasteiger partial charge in [-0.05, 0) is 34.6 Å². The van der Waals surface area contributed by atoms with Gasteiger partial charge >= 0.3 is 5.97 Å². The molecule has 21 heavy (non-hydrogen) atoms. The fourth-order valence-corrected chi connectivity index (χ4v) is 2.53. The van der Waals surface area contributed by atoms with Crippen LogP contribution in [0.15, 0.2) is 12.3 Å². The van der Waals surface area contributed by atoms with Crippen LogP contribution in [-0.2, 0) is 9.53 Å². The van der Waals surface area contributed by atoms with Gasteiger partial charge in [-0.15, -0.1) is 0 Å². The summed E-state index contributed by atoms with van der Waals surface area (Å²) in [5.41, 5.74) is 3.00. The van der Waals surface area contributed by atoms with Gasteiger partial charge in [0, 0.05) is 29.6 Å². The molecule has 114 valence electrons. The molecule has 6 heteroatoms. The zero-order chi connectivity index (χ0) is 15.8. The predicted octanol–water partition coefficient (Wildman–Crippen LogP) is 1.95. The number of nitrogens with one attached hydrogen (secondary N) is 1. The van der Waals surface area contributed by atoms with Crippen molar-refractivity contribution in [2.75, 3.05) is 7.11 Å². The Morgan fingerprint density at radius 2 is 2.10 bits per heavy atom. The number of carbonyl (C=O) groups excluding carboxylic acids is 1. The Hall–Kier alpha value is -1.95. The number of hydrogen-bond donors (Lipinski definition) is 1. The van der Waals surface area contributed by atoms with Crippen LogP contribution in [0.3, 0.4) is 0 Å². The zero-order valence-corrected chi connectivity index (χ0v) is 13.4. The van der Waals surface area contributed by atoms with E-state index in [1.165, 1.54) is 7.11 Å². The minimum atomic E-state index is -0.768. The SMILES string of the molecule is COC(=O)C(C)(C)NC(C)c1cnc2cc(C)nn2c1C. The molecule has 0 aliphatic carbocycles. The third-order valence-electron chi connectivity index (χ3n) is 3.62. The molecule has 1 N–H and O–H groups in total. The number of methoxy groups -OCH3 is 1. The Labute approximate surface area is 124 Å². The molecule has 0 amide bonds. The highest BCUT2D eigenvalue weighted by Crippen LogP contribution is 2.21. The Kier molecular flexibility index (Phi) is 4.00. The van der Waals surface area contributed by atoms with Gasteiger partial charge in [-0.1, -0.05) is 0 Å². The van der Waals surface area contributed by atoms with E-state index in [2.05, 4.69) is 15.4 Å². The van der Waals surface area contributed by atoms with Crippen LogP contribution in [0.25, 0.3) is 5.65 Å². The van der Waals surface area contributed by atoms with E-state index in [1.807, 2.05) is 37.5 Å². The third kappa shape index (κ3) is 2.90. The molecule has 0 spiro atoms. The first-order valence-corrected chi connectivity index (χ1v) is 6.94. The van der Waals surface area contributed by atoms with E-state index in [4.69, 9.17) is 4.74 Å². The fourth-order valence-electron chi connectivity index (χ4n) is 2.53. The molecule has 1 unspecified atom stereocenters. The van der Waals surface area contributed by atoms with Crippen LogP contribution < -0.4 is 5.32 Å². The van der Waals surface area contributed by atoms with E-state index in [-0.39, 0.29) is 12.0 Å². The highest BCUT2D eigenvalue weighted by molar-refractivity contribution is 5.79. The van der Waals surface area contributed by atoms with Crippen LogP contribution in [0.1, 0.15) is 43.8 Å². The monoisotopic (exact) mass is 290 g/mol. The van der Waals surface area contributed by atoms with Crippen molar-refractivity contribution in [1.29, 1.82) is 0 Å². The lowest BCUT2D eigenvalue weighted by Gasteiger charge is -2.28. The predicted molar refractivity (Wildman–Crippen MR) is 80.1 cm³/mol. The van der Waals surface area contributed by atoms with Gasteiger partial charge in [-0.3, -0.25) is 10.1 Å². The maximum atomic E-state index is 11.8. The summed E-state index contributed by atoms with van der Waals surface area (Å²) < 4.78 is 6.65. The molecule has 0 aliphatic rings. The van der Waals surface area contributed by atoms with Gasteiger partial charge in [0.2, 0.25) is 0 Å². The van der Waals surface area contributed by atoms with Crippen molar-refractivity contribution < 1.29 is 9.53 Å². The second-order valence-corrected chi connectivity index (χ2v) is 5.84. The quantitative estimate of drug-likeness (QED) is 0.872. The average Bonchev–Trinajstić information content (AvgIpc) is 2.79. The van der Waals surface area contributed by atoms with Crippen LogP contribution in [0, 0.1) is 13.8 Å². The van der Waals surface area contributed by atoms with E-state index in [0.29, 0.717) is 0 Å². The molecule has 0 radical (unpaired) electrons. The molecule has 6 nitrogen and oxygen atoms in total. The smallest absolute Gasteiger partial charge is 0.325 e. The number of nitrogens with zero attached hydrogens (tertiary/aromatic N) is 3. The van der Waals surface area contributed by atoms with Gasteiger partial charge in [-0.25, -0.2) is 9.50 Å². The van der Waals surface area contributed by atoms with Crippen molar-refractivity contribution in [3.8, 4) is 0 Å². The number of aryl methyl sites for hydroxylation is 2. The number of ether oxygens (including phenoxy) is 1. The molecule has 0 aromatic carbocycles. The molecule has 1 atom stereocenters. The largest absolute Gasteiger partial charge is 0.468 e.